The molecule has 4 rings (SSSR count). The number of nitrogens with zero attached hydrogens (tertiary/aromatic N) is 1. The van der Waals surface area contributed by atoms with Crippen LogP contribution < -0.4 is 15.5 Å². The van der Waals surface area contributed by atoms with Crippen LogP contribution in [0, 0.1) is 0 Å². The first-order chi connectivity index (χ1) is 11.0. The Hall–Kier alpha value is -3.15. The molecule has 0 radical (unpaired) electrons. The minimum absolute atomic E-state index is 0.354. The van der Waals surface area contributed by atoms with E-state index in [9.17, 15) is 14.4 Å². The Morgan fingerprint density at radius 2 is 1.70 bits per heavy atom. The van der Waals surface area contributed by atoms with Crippen molar-refractivity contribution in [1.82, 2.24) is 5.32 Å². The zero-order chi connectivity index (χ0) is 16.2. The molecular formula is C17H13N3O3. The van der Waals surface area contributed by atoms with Gasteiger partial charge in [-0.25, -0.2) is 4.90 Å². The number of carbonyl (C=O) groups is 3. The Labute approximate surface area is 132 Å². The summed E-state index contributed by atoms with van der Waals surface area (Å²) in [4.78, 5) is 38.5. The lowest BCUT2D eigenvalue weighted by atomic mass is 9.96. The fourth-order valence-corrected chi connectivity index (χ4v) is 3.19. The molecule has 1 atom stereocenters. The number of nitrogens with one attached hydrogen (secondary N) is 2. The maximum absolute atomic E-state index is 13.0. The van der Waals surface area contributed by atoms with Gasteiger partial charge in [-0.1, -0.05) is 30.3 Å². The van der Waals surface area contributed by atoms with Crippen molar-refractivity contribution in [1.29, 1.82) is 0 Å². The molecule has 0 bridgehead atoms. The van der Waals surface area contributed by atoms with E-state index in [2.05, 4.69) is 10.6 Å². The lowest BCUT2D eigenvalue weighted by Gasteiger charge is -2.36. The van der Waals surface area contributed by atoms with Crippen molar-refractivity contribution in [3.63, 3.8) is 0 Å². The second-order valence-corrected chi connectivity index (χ2v) is 5.55. The van der Waals surface area contributed by atoms with Crippen LogP contribution in [0.3, 0.4) is 0 Å². The fraction of sp³-hybridized carbons (Fsp3) is 0.118. The van der Waals surface area contributed by atoms with E-state index in [1.54, 1.807) is 48.5 Å². The number of hydrogen-bond donors (Lipinski definition) is 2. The van der Waals surface area contributed by atoms with Crippen LogP contribution in [-0.4, -0.2) is 17.7 Å². The Kier molecular flexibility index (Phi) is 2.60. The molecule has 23 heavy (non-hydrogen) atoms. The minimum Gasteiger partial charge on any atom is -0.350 e. The van der Waals surface area contributed by atoms with Crippen LogP contribution in [0.1, 0.15) is 22.8 Å². The molecule has 0 aliphatic carbocycles. The number of fused-ring (bicyclic) bond motifs is 3. The van der Waals surface area contributed by atoms with E-state index in [4.69, 9.17) is 0 Å². The highest BCUT2D eigenvalue weighted by atomic mass is 16.2. The quantitative estimate of drug-likeness (QED) is 0.775. The summed E-state index contributed by atoms with van der Waals surface area (Å²) in [5.74, 6) is -1.25. The highest BCUT2D eigenvalue weighted by molar-refractivity contribution is 6.24. The fourth-order valence-electron chi connectivity index (χ4n) is 3.19. The van der Waals surface area contributed by atoms with Gasteiger partial charge < -0.3 is 10.6 Å². The predicted octanol–water partition coefficient (Wildman–Crippen LogP) is 1.59. The van der Waals surface area contributed by atoms with Crippen molar-refractivity contribution in [2.75, 3.05) is 10.2 Å². The zero-order valence-electron chi connectivity index (χ0n) is 12.3. The van der Waals surface area contributed by atoms with Crippen LogP contribution in [0.2, 0.25) is 0 Å². The number of benzene rings is 2. The number of rotatable bonds is 0. The maximum Gasteiger partial charge on any atom is 0.285 e. The first kappa shape index (κ1) is 13.5. The standard InChI is InChI=1S/C17H13N3O3/c1-10(21)20-14-9-5-3-7-12(14)17(16(20)23)18-13-8-4-2-6-11(13)15(22)19-17/h2-9,18H,1H3,(H,19,22)/t17-/m0/s1. The van der Waals surface area contributed by atoms with E-state index < -0.39 is 17.5 Å². The number of carbonyl (C=O) groups excluding carboxylic acids is 3. The summed E-state index contributed by atoms with van der Waals surface area (Å²) < 4.78 is 0. The summed E-state index contributed by atoms with van der Waals surface area (Å²) in [6.07, 6.45) is 0. The van der Waals surface area contributed by atoms with Gasteiger partial charge in [0.1, 0.15) is 0 Å². The maximum atomic E-state index is 13.0. The van der Waals surface area contributed by atoms with Gasteiger partial charge in [-0.3, -0.25) is 14.4 Å². The average Bonchev–Trinajstić information content (AvgIpc) is 2.77. The second-order valence-electron chi connectivity index (χ2n) is 5.55. The van der Waals surface area contributed by atoms with Gasteiger partial charge in [0.2, 0.25) is 11.6 Å². The van der Waals surface area contributed by atoms with E-state index in [0.29, 0.717) is 22.5 Å². The number of imide groups is 1. The van der Waals surface area contributed by atoms with Crippen LogP contribution in [0.5, 0.6) is 0 Å². The third-order valence-electron chi connectivity index (χ3n) is 4.18. The molecule has 0 unspecified atom stereocenters. The Bertz CT molecular complexity index is 877. The molecular weight excluding hydrogens is 294 g/mol. The summed E-state index contributed by atoms with van der Waals surface area (Å²) in [6, 6.07) is 13.9. The van der Waals surface area contributed by atoms with E-state index >= 15 is 0 Å². The molecule has 114 valence electrons. The van der Waals surface area contributed by atoms with E-state index in [1.165, 1.54) is 6.92 Å². The first-order valence-corrected chi connectivity index (χ1v) is 7.19. The number of para-hydroxylation sites is 2. The third kappa shape index (κ3) is 1.66. The van der Waals surface area contributed by atoms with Crippen molar-refractivity contribution >= 4 is 29.1 Å². The lowest BCUT2D eigenvalue weighted by molar-refractivity contribution is -0.128. The minimum atomic E-state index is -1.45. The van der Waals surface area contributed by atoms with E-state index in [1.807, 2.05) is 0 Å². The molecule has 2 aliphatic heterocycles. The topological polar surface area (TPSA) is 78.5 Å². The predicted molar refractivity (Wildman–Crippen MR) is 83.8 cm³/mol. The molecule has 2 aromatic rings. The average molecular weight is 307 g/mol. The molecule has 2 heterocycles. The SMILES string of the molecule is CC(=O)N1C(=O)[C@@]2(NC(=O)c3ccccc3N2)c2ccccc21. The van der Waals surface area contributed by atoms with Crippen LogP contribution in [0.4, 0.5) is 11.4 Å². The number of hydrogen-bond acceptors (Lipinski definition) is 4. The molecule has 2 N–H and O–H groups in total. The molecule has 1 spiro atoms. The summed E-state index contributed by atoms with van der Waals surface area (Å²) in [5.41, 5.74) is 0.614. The van der Waals surface area contributed by atoms with Gasteiger partial charge in [0.15, 0.2) is 0 Å². The molecule has 2 aliphatic rings. The van der Waals surface area contributed by atoms with Crippen molar-refractivity contribution < 1.29 is 14.4 Å². The molecule has 3 amide bonds. The van der Waals surface area contributed by atoms with Crippen molar-refractivity contribution in [3.05, 3.63) is 59.7 Å². The molecule has 0 aromatic heterocycles. The van der Waals surface area contributed by atoms with E-state index in [0.717, 1.165) is 4.90 Å². The summed E-state index contributed by atoms with van der Waals surface area (Å²) in [5, 5.41) is 5.86. The highest BCUT2D eigenvalue weighted by Crippen LogP contribution is 2.43. The monoisotopic (exact) mass is 307 g/mol. The van der Waals surface area contributed by atoms with E-state index in [-0.39, 0.29) is 5.91 Å². The normalized spacial score (nSPS) is 21.5. The highest BCUT2D eigenvalue weighted by Gasteiger charge is 2.55. The van der Waals surface area contributed by atoms with Crippen molar-refractivity contribution in [3.8, 4) is 0 Å². The zero-order valence-corrected chi connectivity index (χ0v) is 12.3. The van der Waals surface area contributed by atoms with Crippen LogP contribution >= 0.6 is 0 Å². The van der Waals surface area contributed by atoms with Gasteiger partial charge in [-0.2, -0.15) is 0 Å². The lowest BCUT2D eigenvalue weighted by Crippen LogP contribution is -2.61. The van der Waals surface area contributed by atoms with Crippen LogP contribution in [0.25, 0.3) is 0 Å². The van der Waals surface area contributed by atoms with Gasteiger partial charge in [0, 0.05) is 18.2 Å². The van der Waals surface area contributed by atoms with Gasteiger partial charge >= 0.3 is 0 Å². The Balaban J connectivity index is 1.94. The molecule has 6 heteroatoms. The smallest absolute Gasteiger partial charge is 0.285 e. The van der Waals surface area contributed by atoms with Gasteiger partial charge in [-0.15, -0.1) is 0 Å². The summed E-state index contributed by atoms with van der Waals surface area (Å²) >= 11 is 0. The summed E-state index contributed by atoms with van der Waals surface area (Å²) in [6.45, 7) is 1.33. The van der Waals surface area contributed by atoms with Crippen molar-refractivity contribution in [2.45, 2.75) is 12.6 Å². The third-order valence-corrected chi connectivity index (χ3v) is 4.18. The van der Waals surface area contributed by atoms with Crippen LogP contribution in [-0.2, 0) is 15.3 Å². The second kappa shape index (κ2) is 4.42. The molecule has 2 aromatic carbocycles. The number of anilines is 2. The van der Waals surface area contributed by atoms with Crippen molar-refractivity contribution in [2.24, 2.45) is 0 Å². The summed E-state index contributed by atoms with van der Waals surface area (Å²) in [7, 11) is 0. The Morgan fingerprint density at radius 3 is 2.48 bits per heavy atom. The molecule has 0 saturated heterocycles. The van der Waals surface area contributed by atoms with Crippen LogP contribution in [0.15, 0.2) is 48.5 Å². The number of amides is 3. The molecule has 6 nitrogen and oxygen atoms in total. The molecule has 0 fully saturated rings. The van der Waals surface area contributed by atoms with Gasteiger partial charge in [0.05, 0.1) is 11.3 Å². The molecule has 0 saturated carbocycles. The van der Waals surface area contributed by atoms with Gasteiger partial charge in [0.25, 0.3) is 11.8 Å². The first-order valence-electron chi connectivity index (χ1n) is 7.19. The Morgan fingerprint density at radius 1 is 1.00 bits per heavy atom. The largest absolute Gasteiger partial charge is 0.350 e. The van der Waals surface area contributed by atoms with Gasteiger partial charge in [-0.05, 0) is 18.2 Å².